The van der Waals surface area contributed by atoms with Gasteiger partial charge in [0.2, 0.25) is 11.8 Å². The van der Waals surface area contributed by atoms with E-state index in [4.69, 9.17) is 5.73 Å². The molecule has 1 aliphatic heterocycles. The summed E-state index contributed by atoms with van der Waals surface area (Å²) in [6, 6.07) is 13.0. The molecule has 0 radical (unpaired) electrons. The van der Waals surface area contributed by atoms with Crippen LogP contribution in [0.15, 0.2) is 42.5 Å². The summed E-state index contributed by atoms with van der Waals surface area (Å²) in [5.41, 5.74) is 10.0. The number of hydrogen-bond donors (Lipinski definition) is 2. The molecule has 1 unspecified atom stereocenters. The van der Waals surface area contributed by atoms with E-state index in [9.17, 15) is 9.59 Å². The Kier molecular flexibility index (Phi) is 5.69. The van der Waals surface area contributed by atoms with E-state index in [1.54, 1.807) is 17.0 Å². The molecule has 6 heteroatoms. The fourth-order valence-corrected chi connectivity index (χ4v) is 2.99. The summed E-state index contributed by atoms with van der Waals surface area (Å²) < 4.78 is 0. The van der Waals surface area contributed by atoms with Gasteiger partial charge in [-0.25, -0.2) is 0 Å². The molecular weight excluding hydrogens is 338 g/mol. The predicted molar refractivity (Wildman–Crippen MR) is 103 cm³/mol. The van der Waals surface area contributed by atoms with E-state index >= 15 is 0 Å². The van der Waals surface area contributed by atoms with Crippen LogP contribution in [0.25, 0.3) is 0 Å². The van der Waals surface area contributed by atoms with E-state index in [2.05, 4.69) is 5.32 Å². The van der Waals surface area contributed by atoms with Crippen LogP contribution >= 0.6 is 12.4 Å². The molecule has 1 heterocycles. The van der Waals surface area contributed by atoms with Crippen molar-refractivity contribution in [3.63, 3.8) is 0 Å². The van der Waals surface area contributed by atoms with Gasteiger partial charge in [0.25, 0.3) is 0 Å². The topological polar surface area (TPSA) is 75.4 Å². The maximum absolute atomic E-state index is 12.5. The maximum Gasteiger partial charge on any atom is 0.229 e. The van der Waals surface area contributed by atoms with E-state index in [1.165, 1.54) is 0 Å². The molecule has 1 saturated heterocycles. The second kappa shape index (κ2) is 7.57. The summed E-state index contributed by atoms with van der Waals surface area (Å²) in [4.78, 5) is 26.6. The number of nitrogens with zero attached hydrogens (tertiary/aromatic N) is 1. The van der Waals surface area contributed by atoms with E-state index in [1.807, 2.05) is 44.2 Å². The van der Waals surface area contributed by atoms with Gasteiger partial charge in [-0.1, -0.05) is 24.3 Å². The molecule has 2 amide bonds. The highest BCUT2D eigenvalue weighted by Gasteiger charge is 2.35. The van der Waals surface area contributed by atoms with Crippen LogP contribution in [0.1, 0.15) is 17.5 Å². The smallest absolute Gasteiger partial charge is 0.229 e. The van der Waals surface area contributed by atoms with Crippen molar-refractivity contribution in [2.24, 2.45) is 5.92 Å². The number of para-hydroxylation sites is 2. The first-order valence-corrected chi connectivity index (χ1v) is 7.99. The van der Waals surface area contributed by atoms with Gasteiger partial charge in [-0.05, 0) is 43.2 Å². The molecule has 1 fully saturated rings. The number of nitrogens with one attached hydrogen (secondary N) is 1. The third-order valence-electron chi connectivity index (χ3n) is 4.58. The summed E-state index contributed by atoms with van der Waals surface area (Å²) >= 11 is 0. The Morgan fingerprint density at radius 1 is 1.16 bits per heavy atom. The molecule has 0 spiro atoms. The van der Waals surface area contributed by atoms with Crippen LogP contribution < -0.4 is 16.0 Å². The molecule has 132 valence electrons. The molecule has 0 bridgehead atoms. The normalized spacial score (nSPS) is 16.5. The number of carbonyl (C=O) groups excluding carboxylic acids is 2. The van der Waals surface area contributed by atoms with Crippen molar-refractivity contribution in [1.82, 2.24) is 0 Å². The largest absolute Gasteiger partial charge is 0.397 e. The molecule has 5 nitrogen and oxygen atoms in total. The van der Waals surface area contributed by atoms with E-state index < -0.39 is 0 Å². The average molecular weight is 360 g/mol. The summed E-state index contributed by atoms with van der Waals surface area (Å²) in [6.45, 7) is 4.40. The van der Waals surface area contributed by atoms with Crippen LogP contribution in [0, 0.1) is 19.8 Å². The van der Waals surface area contributed by atoms with E-state index in [-0.39, 0.29) is 36.6 Å². The first-order valence-electron chi connectivity index (χ1n) is 7.99. The monoisotopic (exact) mass is 359 g/mol. The Hall–Kier alpha value is -2.53. The Morgan fingerprint density at radius 2 is 1.88 bits per heavy atom. The number of benzene rings is 2. The van der Waals surface area contributed by atoms with Crippen LogP contribution in [0.5, 0.6) is 0 Å². The average Bonchev–Trinajstić information content (AvgIpc) is 2.94. The fraction of sp³-hybridized carbons (Fsp3) is 0.263. The van der Waals surface area contributed by atoms with Gasteiger partial charge in [-0.2, -0.15) is 0 Å². The maximum atomic E-state index is 12.5. The third-order valence-corrected chi connectivity index (χ3v) is 4.58. The van der Waals surface area contributed by atoms with Gasteiger partial charge in [-0.15, -0.1) is 12.4 Å². The van der Waals surface area contributed by atoms with Crippen molar-refractivity contribution in [3.8, 4) is 0 Å². The van der Waals surface area contributed by atoms with Crippen molar-refractivity contribution in [2.45, 2.75) is 20.3 Å². The minimum Gasteiger partial charge on any atom is -0.397 e. The van der Waals surface area contributed by atoms with E-state index in [0.717, 1.165) is 16.8 Å². The highest BCUT2D eigenvalue weighted by Crippen LogP contribution is 2.30. The summed E-state index contributed by atoms with van der Waals surface area (Å²) in [6.07, 6.45) is 0.214. The molecule has 3 N–H and O–H groups in total. The second-order valence-electron chi connectivity index (χ2n) is 6.20. The van der Waals surface area contributed by atoms with Crippen LogP contribution in [0.4, 0.5) is 17.1 Å². The molecule has 2 aromatic carbocycles. The molecule has 3 rings (SSSR count). The van der Waals surface area contributed by atoms with Crippen molar-refractivity contribution < 1.29 is 9.59 Å². The van der Waals surface area contributed by atoms with Crippen LogP contribution in [0.3, 0.4) is 0 Å². The lowest BCUT2D eigenvalue weighted by Gasteiger charge is -2.20. The van der Waals surface area contributed by atoms with Gasteiger partial charge in [0, 0.05) is 18.7 Å². The number of rotatable bonds is 3. The number of hydrogen-bond acceptors (Lipinski definition) is 3. The van der Waals surface area contributed by atoms with Crippen molar-refractivity contribution in [3.05, 3.63) is 53.6 Å². The second-order valence-corrected chi connectivity index (χ2v) is 6.20. The molecule has 2 aromatic rings. The van der Waals surface area contributed by atoms with Gasteiger partial charge in [0.05, 0.1) is 17.3 Å². The van der Waals surface area contributed by atoms with Crippen LogP contribution in [-0.2, 0) is 9.59 Å². The number of nitrogens with two attached hydrogens (primary N) is 1. The number of halogens is 1. The molecule has 0 saturated carbocycles. The molecule has 25 heavy (non-hydrogen) atoms. The minimum absolute atomic E-state index is 0. The predicted octanol–water partition coefficient (Wildman–Crippen LogP) is 3.30. The molecule has 0 aliphatic carbocycles. The zero-order valence-corrected chi connectivity index (χ0v) is 15.1. The summed E-state index contributed by atoms with van der Waals surface area (Å²) in [7, 11) is 0. The van der Waals surface area contributed by atoms with Gasteiger partial charge in [0.15, 0.2) is 0 Å². The van der Waals surface area contributed by atoms with Crippen molar-refractivity contribution in [1.29, 1.82) is 0 Å². The van der Waals surface area contributed by atoms with Gasteiger partial charge >= 0.3 is 0 Å². The Bertz CT molecular complexity index is 807. The van der Waals surface area contributed by atoms with Crippen LogP contribution in [0.2, 0.25) is 0 Å². The molecule has 1 aliphatic rings. The standard InChI is InChI=1S/C19H21N3O2.ClH/c1-12-6-5-9-17(13(12)2)22-11-14(10-18(22)23)19(24)21-16-8-4-3-7-15(16)20;/h3-9,14H,10-11,20H2,1-2H3,(H,21,24);1H. The lowest BCUT2D eigenvalue weighted by atomic mass is 10.1. The summed E-state index contributed by atoms with van der Waals surface area (Å²) in [5, 5.41) is 2.83. The van der Waals surface area contributed by atoms with Crippen molar-refractivity contribution >= 4 is 41.3 Å². The fourth-order valence-electron chi connectivity index (χ4n) is 2.99. The molecule has 0 aromatic heterocycles. The highest BCUT2D eigenvalue weighted by molar-refractivity contribution is 6.04. The quantitative estimate of drug-likeness (QED) is 0.825. The summed E-state index contributed by atoms with van der Waals surface area (Å²) in [5.74, 6) is -0.573. The number of aryl methyl sites for hydroxylation is 1. The van der Waals surface area contributed by atoms with Crippen molar-refractivity contribution in [2.75, 3.05) is 22.5 Å². The minimum atomic E-state index is -0.378. The Balaban J connectivity index is 0.00000225. The van der Waals surface area contributed by atoms with E-state index in [0.29, 0.717) is 17.9 Å². The SMILES string of the molecule is Cc1cccc(N2CC(C(=O)Nc3ccccc3N)CC2=O)c1C.Cl. The zero-order valence-electron chi connectivity index (χ0n) is 14.3. The third kappa shape index (κ3) is 3.77. The highest BCUT2D eigenvalue weighted by atomic mass is 35.5. The molecular formula is C19H22ClN3O2. The Labute approximate surface area is 153 Å². The number of amides is 2. The number of carbonyl (C=O) groups is 2. The first kappa shape index (κ1) is 18.8. The lowest BCUT2D eigenvalue weighted by Crippen LogP contribution is -2.28. The lowest BCUT2D eigenvalue weighted by molar-refractivity contribution is -0.122. The molecule has 1 atom stereocenters. The zero-order chi connectivity index (χ0) is 17.3. The van der Waals surface area contributed by atoms with Gasteiger partial charge in [-0.3, -0.25) is 9.59 Å². The number of anilines is 3. The Morgan fingerprint density at radius 3 is 2.60 bits per heavy atom. The van der Waals surface area contributed by atoms with Gasteiger partial charge in [0.1, 0.15) is 0 Å². The first-order chi connectivity index (χ1) is 11.5. The van der Waals surface area contributed by atoms with Crippen LogP contribution in [-0.4, -0.2) is 18.4 Å². The van der Waals surface area contributed by atoms with Gasteiger partial charge < -0.3 is 16.0 Å². The number of nitrogen functional groups attached to an aromatic ring is 1.